The molecule has 1 fully saturated rings. The van der Waals surface area contributed by atoms with E-state index in [0.717, 1.165) is 19.4 Å². The lowest BCUT2D eigenvalue weighted by atomic mass is 10.0. The minimum atomic E-state index is -0.227. The van der Waals surface area contributed by atoms with Crippen LogP contribution in [0.1, 0.15) is 31.1 Å². The highest BCUT2D eigenvalue weighted by atomic mass is 19.1. The van der Waals surface area contributed by atoms with Crippen molar-refractivity contribution < 1.29 is 8.81 Å². The number of nitrogens with one attached hydrogen (secondary N) is 1. The molecule has 0 spiro atoms. The van der Waals surface area contributed by atoms with E-state index in [1.807, 2.05) is 0 Å². The first-order valence-corrected chi connectivity index (χ1v) is 4.34. The fraction of sp³-hybridized carbons (Fsp3) is 0.556. The average molecular weight is 169 g/mol. The summed E-state index contributed by atoms with van der Waals surface area (Å²) in [5.41, 5.74) is 0. The molecule has 0 unspecified atom stereocenters. The van der Waals surface area contributed by atoms with Crippen molar-refractivity contribution in [2.24, 2.45) is 0 Å². The van der Waals surface area contributed by atoms with Crippen molar-refractivity contribution in [1.29, 1.82) is 0 Å². The Hall–Kier alpha value is -0.830. The molecule has 1 aromatic rings. The highest BCUT2D eigenvalue weighted by Crippen LogP contribution is 2.25. The van der Waals surface area contributed by atoms with Gasteiger partial charge >= 0.3 is 0 Å². The van der Waals surface area contributed by atoms with E-state index in [1.54, 1.807) is 0 Å². The van der Waals surface area contributed by atoms with Crippen molar-refractivity contribution in [1.82, 2.24) is 5.32 Å². The number of piperidine rings is 1. The molecule has 0 aliphatic carbocycles. The van der Waals surface area contributed by atoms with Crippen molar-refractivity contribution in [2.75, 3.05) is 6.54 Å². The van der Waals surface area contributed by atoms with Gasteiger partial charge in [-0.05, 0) is 19.4 Å². The molecule has 1 aliphatic rings. The van der Waals surface area contributed by atoms with Crippen LogP contribution >= 0.6 is 0 Å². The van der Waals surface area contributed by atoms with E-state index in [9.17, 15) is 4.39 Å². The fourth-order valence-electron chi connectivity index (χ4n) is 1.63. The predicted octanol–water partition coefficient (Wildman–Crippen LogP) is 2.23. The first kappa shape index (κ1) is 7.80. The maximum atomic E-state index is 13.0. The number of hydrogen-bond donors (Lipinski definition) is 1. The van der Waals surface area contributed by atoms with Gasteiger partial charge in [-0.15, -0.1) is 0 Å². The molecular weight excluding hydrogens is 157 g/mol. The minimum Gasteiger partial charge on any atom is -0.465 e. The normalized spacial score (nSPS) is 24.2. The second-order valence-corrected chi connectivity index (χ2v) is 3.14. The van der Waals surface area contributed by atoms with Gasteiger partial charge in [0.2, 0.25) is 0 Å². The lowest BCUT2D eigenvalue weighted by molar-refractivity contribution is 0.334. The molecule has 0 aromatic carbocycles. The Morgan fingerprint density at radius 1 is 1.50 bits per heavy atom. The first-order valence-electron chi connectivity index (χ1n) is 4.34. The molecule has 0 amide bonds. The second-order valence-electron chi connectivity index (χ2n) is 3.14. The third-order valence-electron chi connectivity index (χ3n) is 2.27. The number of rotatable bonds is 1. The van der Waals surface area contributed by atoms with Gasteiger partial charge in [0.1, 0.15) is 0 Å². The summed E-state index contributed by atoms with van der Waals surface area (Å²) in [7, 11) is 0. The molecule has 2 heterocycles. The largest absolute Gasteiger partial charge is 0.465 e. The van der Waals surface area contributed by atoms with Gasteiger partial charge in [-0.2, -0.15) is 0 Å². The Bertz CT molecular complexity index is 253. The van der Waals surface area contributed by atoms with Gasteiger partial charge in [0.25, 0.3) is 0 Å². The van der Waals surface area contributed by atoms with Gasteiger partial charge in [0.05, 0.1) is 12.3 Å². The van der Waals surface area contributed by atoms with E-state index in [0.29, 0.717) is 5.76 Å². The van der Waals surface area contributed by atoms with Crippen LogP contribution in [0.15, 0.2) is 16.7 Å². The van der Waals surface area contributed by atoms with Crippen LogP contribution in [0.5, 0.6) is 0 Å². The summed E-state index contributed by atoms with van der Waals surface area (Å²) in [6.45, 7) is 0.963. The molecule has 1 atom stereocenters. The Morgan fingerprint density at radius 3 is 3.00 bits per heavy atom. The smallest absolute Gasteiger partial charge is 0.166 e. The van der Waals surface area contributed by atoms with Gasteiger partial charge < -0.3 is 9.73 Å². The third-order valence-corrected chi connectivity index (χ3v) is 2.27. The summed E-state index contributed by atoms with van der Waals surface area (Å²) in [5.74, 6) is 0.240. The zero-order valence-corrected chi connectivity index (χ0v) is 6.85. The molecule has 1 aliphatic heterocycles. The average Bonchev–Trinajstić information content (AvgIpc) is 2.53. The summed E-state index contributed by atoms with van der Waals surface area (Å²) in [6, 6.07) is 1.46. The molecule has 3 heteroatoms. The second kappa shape index (κ2) is 3.27. The van der Waals surface area contributed by atoms with Gasteiger partial charge in [0, 0.05) is 6.07 Å². The SMILES string of the molecule is Fc1ccoc1[C@H]1CCCCN1. The van der Waals surface area contributed by atoms with E-state index in [-0.39, 0.29) is 11.9 Å². The lowest BCUT2D eigenvalue weighted by Gasteiger charge is -2.21. The van der Waals surface area contributed by atoms with Crippen LogP contribution in [0.3, 0.4) is 0 Å². The van der Waals surface area contributed by atoms with Gasteiger partial charge in [-0.25, -0.2) is 4.39 Å². The standard InChI is InChI=1S/C9H12FNO/c10-7-4-6-12-9(7)8-3-1-2-5-11-8/h4,6,8,11H,1-3,5H2/t8-/m1/s1. The Kier molecular flexibility index (Phi) is 2.13. The summed E-state index contributed by atoms with van der Waals surface area (Å²) in [4.78, 5) is 0. The number of furan rings is 1. The maximum Gasteiger partial charge on any atom is 0.166 e. The zero-order valence-electron chi connectivity index (χ0n) is 6.85. The summed E-state index contributed by atoms with van der Waals surface area (Å²) in [6.07, 6.45) is 4.71. The van der Waals surface area contributed by atoms with E-state index in [4.69, 9.17) is 4.42 Å². The van der Waals surface area contributed by atoms with Crippen molar-refractivity contribution in [3.05, 3.63) is 23.9 Å². The quantitative estimate of drug-likeness (QED) is 0.697. The molecular formula is C9H12FNO. The zero-order chi connectivity index (χ0) is 8.39. The molecule has 66 valence electrons. The van der Waals surface area contributed by atoms with E-state index >= 15 is 0 Å². The summed E-state index contributed by atoms with van der Waals surface area (Å²) < 4.78 is 18.1. The van der Waals surface area contributed by atoms with Gasteiger partial charge in [-0.1, -0.05) is 6.42 Å². The fourth-order valence-corrected chi connectivity index (χ4v) is 1.63. The van der Waals surface area contributed by atoms with Crippen molar-refractivity contribution in [3.63, 3.8) is 0 Å². The number of hydrogen-bond acceptors (Lipinski definition) is 2. The van der Waals surface area contributed by atoms with Gasteiger partial charge in [-0.3, -0.25) is 0 Å². The Labute approximate surface area is 70.8 Å². The van der Waals surface area contributed by atoms with E-state index in [1.165, 1.54) is 18.8 Å². The van der Waals surface area contributed by atoms with Crippen LogP contribution in [-0.4, -0.2) is 6.54 Å². The topological polar surface area (TPSA) is 25.2 Å². The highest BCUT2D eigenvalue weighted by molar-refractivity contribution is 5.08. The van der Waals surface area contributed by atoms with E-state index < -0.39 is 0 Å². The van der Waals surface area contributed by atoms with Crippen molar-refractivity contribution in [2.45, 2.75) is 25.3 Å². The Morgan fingerprint density at radius 2 is 2.42 bits per heavy atom. The minimum absolute atomic E-state index is 0.0914. The molecule has 2 rings (SSSR count). The highest BCUT2D eigenvalue weighted by Gasteiger charge is 2.20. The van der Waals surface area contributed by atoms with Gasteiger partial charge in [0.15, 0.2) is 11.6 Å². The van der Waals surface area contributed by atoms with Crippen molar-refractivity contribution in [3.8, 4) is 0 Å². The van der Waals surface area contributed by atoms with Crippen LogP contribution in [0.4, 0.5) is 4.39 Å². The van der Waals surface area contributed by atoms with Crippen LogP contribution in [0.25, 0.3) is 0 Å². The van der Waals surface area contributed by atoms with Crippen LogP contribution in [0.2, 0.25) is 0 Å². The molecule has 1 saturated heterocycles. The van der Waals surface area contributed by atoms with E-state index in [2.05, 4.69) is 5.32 Å². The number of halogens is 1. The van der Waals surface area contributed by atoms with Crippen LogP contribution < -0.4 is 5.32 Å². The lowest BCUT2D eigenvalue weighted by Crippen LogP contribution is -2.26. The Balaban J connectivity index is 2.13. The predicted molar refractivity (Wildman–Crippen MR) is 43.3 cm³/mol. The molecule has 12 heavy (non-hydrogen) atoms. The molecule has 2 nitrogen and oxygen atoms in total. The van der Waals surface area contributed by atoms with Crippen molar-refractivity contribution >= 4 is 0 Å². The van der Waals surface area contributed by atoms with Crippen LogP contribution in [0, 0.1) is 5.82 Å². The first-order chi connectivity index (χ1) is 5.88. The third kappa shape index (κ3) is 1.37. The molecule has 0 saturated carbocycles. The van der Waals surface area contributed by atoms with Crippen LogP contribution in [-0.2, 0) is 0 Å². The molecule has 0 radical (unpaired) electrons. The summed E-state index contributed by atoms with van der Waals surface area (Å²) >= 11 is 0. The monoisotopic (exact) mass is 169 g/mol. The molecule has 0 bridgehead atoms. The molecule has 1 N–H and O–H groups in total. The summed E-state index contributed by atoms with van der Waals surface area (Å²) in [5, 5.41) is 3.23. The maximum absolute atomic E-state index is 13.0. The molecule has 1 aromatic heterocycles.